The Kier molecular flexibility index (Phi) is 5.73. The second-order valence-electron chi connectivity index (χ2n) is 6.16. The third-order valence-electron chi connectivity index (χ3n) is 4.36. The number of hydrogen-bond acceptors (Lipinski definition) is 5. The average molecular weight is 347 g/mol. The molecular formula is C17H25N5O3. The maximum absolute atomic E-state index is 12.5. The van der Waals surface area contributed by atoms with E-state index in [2.05, 4.69) is 29.0 Å². The number of nitrogens with one attached hydrogen (secondary N) is 1. The minimum Gasteiger partial charge on any atom is -0.348 e. The van der Waals surface area contributed by atoms with Gasteiger partial charge in [0, 0.05) is 32.9 Å². The minimum absolute atomic E-state index is 0.0361. The van der Waals surface area contributed by atoms with Gasteiger partial charge < -0.3 is 10.2 Å². The van der Waals surface area contributed by atoms with Crippen molar-refractivity contribution in [2.45, 2.75) is 26.8 Å². The van der Waals surface area contributed by atoms with Crippen molar-refractivity contribution in [2.75, 3.05) is 19.6 Å². The van der Waals surface area contributed by atoms with Crippen LogP contribution in [0.5, 0.6) is 0 Å². The van der Waals surface area contributed by atoms with Crippen LogP contribution in [0.2, 0.25) is 0 Å². The summed E-state index contributed by atoms with van der Waals surface area (Å²) in [5, 5.41) is 3.17. The Morgan fingerprint density at radius 1 is 1.24 bits per heavy atom. The first-order valence-electron chi connectivity index (χ1n) is 8.39. The molecule has 0 aliphatic carbocycles. The van der Waals surface area contributed by atoms with Gasteiger partial charge in [-0.25, -0.2) is 9.78 Å². The quantitative estimate of drug-likeness (QED) is 0.800. The number of hydrogen-bond donors (Lipinski definition) is 1. The highest BCUT2D eigenvalue weighted by Gasteiger charge is 2.16. The summed E-state index contributed by atoms with van der Waals surface area (Å²) in [6.07, 6.45) is 1.39. The van der Waals surface area contributed by atoms with E-state index < -0.39 is 11.2 Å². The van der Waals surface area contributed by atoms with E-state index in [1.54, 1.807) is 7.05 Å². The molecule has 2 heterocycles. The maximum Gasteiger partial charge on any atom is 0.332 e. The molecule has 2 rings (SSSR count). The molecule has 2 aromatic heterocycles. The van der Waals surface area contributed by atoms with Gasteiger partial charge in [0.1, 0.15) is 5.65 Å². The molecule has 8 heteroatoms. The molecule has 0 aromatic carbocycles. The Hall–Kier alpha value is -2.48. The van der Waals surface area contributed by atoms with E-state index in [0.29, 0.717) is 5.56 Å². The molecule has 1 N–H and O–H groups in total. The van der Waals surface area contributed by atoms with Crippen LogP contribution in [0, 0.1) is 0 Å². The van der Waals surface area contributed by atoms with E-state index in [0.717, 1.165) is 24.2 Å². The molecule has 8 nitrogen and oxygen atoms in total. The van der Waals surface area contributed by atoms with Gasteiger partial charge in [-0.1, -0.05) is 13.8 Å². The fourth-order valence-corrected chi connectivity index (χ4v) is 2.81. The topological polar surface area (TPSA) is 89.2 Å². The molecule has 0 spiro atoms. The number of aromatic nitrogens is 3. The highest BCUT2D eigenvalue weighted by molar-refractivity contribution is 5.96. The van der Waals surface area contributed by atoms with Gasteiger partial charge in [-0.2, -0.15) is 0 Å². The maximum atomic E-state index is 12.5. The van der Waals surface area contributed by atoms with Crippen LogP contribution in [-0.4, -0.2) is 50.6 Å². The van der Waals surface area contributed by atoms with Gasteiger partial charge in [0.25, 0.3) is 11.5 Å². The van der Waals surface area contributed by atoms with Gasteiger partial charge >= 0.3 is 5.69 Å². The lowest BCUT2D eigenvalue weighted by atomic mass is 10.2. The summed E-state index contributed by atoms with van der Waals surface area (Å²) in [5.74, 6) is -0.287. The van der Waals surface area contributed by atoms with E-state index in [-0.39, 0.29) is 23.0 Å². The van der Waals surface area contributed by atoms with Crippen molar-refractivity contribution in [1.29, 1.82) is 0 Å². The van der Waals surface area contributed by atoms with Crippen molar-refractivity contribution < 1.29 is 4.79 Å². The number of nitrogens with zero attached hydrogens (tertiary/aromatic N) is 4. The SMILES string of the molecule is CCN(CC)C[C@@H](C)NC(=O)c1cnc2c(c1)c(=O)n(C)c(=O)n2C. The Morgan fingerprint density at radius 3 is 2.48 bits per heavy atom. The number of pyridine rings is 1. The zero-order valence-electron chi connectivity index (χ0n) is 15.4. The van der Waals surface area contributed by atoms with Gasteiger partial charge in [0.05, 0.1) is 10.9 Å². The highest BCUT2D eigenvalue weighted by Crippen LogP contribution is 2.08. The fourth-order valence-electron chi connectivity index (χ4n) is 2.81. The molecule has 25 heavy (non-hydrogen) atoms. The number of fused-ring (bicyclic) bond motifs is 1. The summed E-state index contributed by atoms with van der Waals surface area (Å²) < 4.78 is 2.30. The molecule has 0 bridgehead atoms. The number of aryl methyl sites for hydroxylation is 1. The normalized spacial score (nSPS) is 12.6. The largest absolute Gasteiger partial charge is 0.348 e. The predicted molar refractivity (Wildman–Crippen MR) is 96.9 cm³/mol. The smallest absolute Gasteiger partial charge is 0.332 e. The van der Waals surface area contributed by atoms with Gasteiger partial charge in [0.15, 0.2) is 0 Å². The van der Waals surface area contributed by atoms with Crippen molar-refractivity contribution >= 4 is 16.9 Å². The van der Waals surface area contributed by atoms with E-state index in [4.69, 9.17) is 0 Å². The molecule has 0 unspecified atom stereocenters. The Morgan fingerprint density at radius 2 is 1.88 bits per heavy atom. The predicted octanol–water partition coefficient (Wildman–Crippen LogP) is 0.0923. The van der Waals surface area contributed by atoms with Crippen molar-refractivity contribution in [3.63, 3.8) is 0 Å². The van der Waals surface area contributed by atoms with Crippen LogP contribution in [0.1, 0.15) is 31.1 Å². The molecule has 1 amide bonds. The highest BCUT2D eigenvalue weighted by atomic mass is 16.2. The lowest BCUT2D eigenvalue weighted by Crippen LogP contribution is -2.42. The van der Waals surface area contributed by atoms with E-state index in [1.165, 1.54) is 23.9 Å². The first-order valence-corrected chi connectivity index (χ1v) is 8.39. The van der Waals surface area contributed by atoms with Crippen LogP contribution < -0.4 is 16.6 Å². The molecule has 1 atom stereocenters. The lowest BCUT2D eigenvalue weighted by Gasteiger charge is -2.23. The van der Waals surface area contributed by atoms with Gasteiger partial charge in [-0.15, -0.1) is 0 Å². The van der Waals surface area contributed by atoms with Crippen molar-refractivity contribution in [1.82, 2.24) is 24.3 Å². The van der Waals surface area contributed by atoms with Crippen LogP contribution in [0.4, 0.5) is 0 Å². The second kappa shape index (κ2) is 7.60. The Labute approximate surface area is 146 Å². The summed E-state index contributed by atoms with van der Waals surface area (Å²) in [7, 11) is 2.95. The van der Waals surface area contributed by atoms with Crippen LogP contribution in [0.25, 0.3) is 11.0 Å². The standard InChI is InChI=1S/C17H25N5O3/c1-6-22(7-2)10-11(3)19-15(23)12-8-13-14(18-9-12)20(4)17(25)21(5)16(13)24/h8-9,11H,6-7,10H2,1-5H3,(H,19,23)/t11-/m1/s1. The summed E-state index contributed by atoms with van der Waals surface area (Å²) in [4.78, 5) is 43.0. The second-order valence-corrected chi connectivity index (χ2v) is 6.16. The lowest BCUT2D eigenvalue weighted by molar-refractivity contribution is 0.0930. The fraction of sp³-hybridized carbons (Fsp3) is 0.529. The number of carbonyl (C=O) groups excluding carboxylic acids is 1. The minimum atomic E-state index is -0.462. The van der Waals surface area contributed by atoms with Gasteiger partial charge in [0.2, 0.25) is 0 Å². The molecule has 0 fully saturated rings. The summed E-state index contributed by atoms with van der Waals surface area (Å²) in [6, 6.07) is 1.45. The van der Waals surface area contributed by atoms with Crippen LogP contribution >= 0.6 is 0 Å². The third kappa shape index (κ3) is 3.79. The van der Waals surface area contributed by atoms with E-state index >= 15 is 0 Å². The van der Waals surface area contributed by atoms with Crippen LogP contribution in [-0.2, 0) is 14.1 Å². The van der Waals surface area contributed by atoms with Crippen molar-refractivity contribution in [2.24, 2.45) is 14.1 Å². The average Bonchev–Trinajstić information content (AvgIpc) is 2.61. The molecule has 0 saturated carbocycles. The molecule has 136 valence electrons. The monoisotopic (exact) mass is 347 g/mol. The number of amides is 1. The third-order valence-corrected chi connectivity index (χ3v) is 4.36. The molecule has 0 radical (unpaired) electrons. The molecular weight excluding hydrogens is 322 g/mol. The Balaban J connectivity index is 2.31. The molecule has 2 aromatic rings. The van der Waals surface area contributed by atoms with Crippen LogP contribution in [0.15, 0.2) is 21.9 Å². The van der Waals surface area contributed by atoms with Gasteiger partial charge in [-0.05, 0) is 26.1 Å². The zero-order valence-corrected chi connectivity index (χ0v) is 15.4. The van der Waals surface area contributed by atoms with Crippen molar-refractivity contribution in [3.8, 4) is 0 Å². The Bertz CT molecular complexity index is 896. The number of likely N-dealkylation sites (N-methyl/N-ethyl adjacent to an activating group) is 1. The molecule has 0 saturated heterocycles. The number of carbonyl (C=O) groups is 1. The van der Waals surface area contributed by atoms with Gasteiger partial charge in [-0.3, -0.25) is 18.7 Å². The first-order chi connectivity index (χ1) is 11.8. The summed E-state index contributed by atoms with van der Waals surface area (Å²) in [5.41, 5.74) is -0.345. The summed E-state index contributed by atoms with van der Waals surface area (Å²) in [6.45, 7) is 8.66. The van der Waals surface area contributed by atoms with Crippen LogP contribution in [0.3, 0.4) is 0 Å². The zero-order chi connectivity index (χ0) is 18.7. The van der Waals surface area contributed by atoms with E-state index in [1.807, 2.05) is 6.92 Å². The number of rotatable bonds is 6. The summed E-state index contributed by atoms with van der Waals surface area (Å²) >= 11 is 0. The van der Waals surface area contributed by atoms with Crippen molar-refractivity contribution in [3.05, 3.63) is 38.7 Å². The molecule has 0 aliphatic heterocycles. The molecule has 0 aliphatic rings. The van der Waals surface area contributed by atoms with E-state index in [9.17, 15) is 14.4 Å². The first kappa shape index (κ1) is 18.9.